The average Bonchev–Trinajstić information content (AvgIpc) is 2.37. The predicted octanol–water partition coefficient (Wildman–Crippen LogP) is 2.98. The smallest absolute Gasteiger partial charge is 0.305 e. The average molecular weight is 267 g/mol. The van der Waals surface area contributed by atoms with Gasteiger partial charge in [-0.3, -0.25) is 9.59 Å². The Morgan fingerprint density at radius 1 is 1.26 bits per heavy atom. The summed E-state index contributed by atoms with van der Waals surface area (Å²) in [7, 11) is 1.75. The van der Waals surface area contributed by atoms with Crippen LogP contribution in [-0.4, -0.2) is 34.5 Å². The Hall–Kier alpha value is -1.32. The molecule has 4 heteroatoms. The van der Waals surface area contributed by atoms with E-state index in [4.69, 9.17) is 5.11 Å². The lowest BCUT2D eigenvalue weighted by molar-refractivity contribution is -0.144. The highest BCUT2D eigenvalue weighted by Crippen LogP contribution is 2.36. The number of hydrogen-bond donors (Lipinski definition) is 1. The van der Waals surface area contributed by atoms with Crippen molar-refractivity contribution in [1.29, 1.82) is 0 Å². The normalized spacial score (nSPS) is 19.0. The van der Waals surface area contributed by atoms with Gasteiger partial charge in [-0.1, -0.05) is 32.3 Å². The second-order valence-electron chi connectivity index (χ2n) is 5.52. The number of carbonyl (C=O) groups excluding carboxylic acids is 1. The van der Waals surface area contributed by atoms with Gasteiger partial charge in [-0.05, 0) is 26.2 Å². The molecular formula is C15H25NO3. The van der Waals surface area contributed by atoms with Crippen molar-refractivity contribution in [3.8, 4) is 0 Å². The number of hydrogen-bond acceptors (Lipinski definition) is 2. The first kappa shape index (κ1) is 15.7. The number of nitrogens with zero attached hydrogens (tertiary/aromatic N) is 1. The van der Waals surface area contributed by atoms with Crippen LogP contribution >= 0.6 is 0 Å². The molecule has 0 bridgehead atoms. The molecule has 1 amide bonds. The van der Waals surface area contributed by atoms with E-state index in [-0.39, 0.29) is 12.3 Å². The molecule has 0 atom stereocenters. The summed E-state index contributed by atoms with van der Waals surface area (Å²) < 4.78 is 0. The van der Waals surface area contributed by atoms with Crippen LogP contribution in [0.1, 0.15) is 58.8 Å². The zero-order chi connectivity index (χ0) is 14.5. The highest BCUT2D eigenvalue weighted by atomic mass is 16.4. The number of amides is 1. The van der Waals surface area contributed by atoms with Gasteiger partial charge in [-0.2, -0.15) is 0 Å². The molecule has 1 rings (SSSR count). The van der Waals surface area contributed by atoms with Crippen molar-refractivity contribution in [2.45, 2.75) is 64.3 Å². The molecule has 0 spiro atoms. The van der Waals surface area contributed by atoms with Gasteiger partial charge in [0, 0.05) is 12.6 Å². The van der Waals surface area contributed by atoms with Crippen LogP contribution in [0.5, 0.6) is 0 Å². The molecule has 19 heavy (non-hydrogen) atoms. The van der Waals surface area contributed by atoms with E-state index in [0.29, 0.717) is 5.57 Å². The number of allylic oxidation sites excluding steroid dienone is 1. The maximum Gasteiger partial charge on any atom is 0.305 e. The molecule has 1 aliphatic rings. The topological polar surface area (TPSA) is 57.6 Å². The number of likely N-dealkylation sites (N-methyl/N-ethyl adjacent to an activating group) is 1. The molecule has 0 unspecified atom stereocenters. The molecule has 0 saturated heterocycles. The Morgan fingerprint density at radius 2 is 1.84 bits per heavy atom. The number of aliphatic carboxylic acids is 1. The van der Waals surface area contributed by atoms with Crippen LogP contribution in [0, 0.1) is 0 Å². The molecule has 0 heterocycles. The number of carbonyl (C=O) groups is 2. The number of rotatable bonds is 5. The van der Waals surface area contributed by atoms with Crippen molar-refractivity contribution >= 4 is 11.9 Å². The largest absolute Gasteiger partial charge is 0.481 e. The third-order valence-electron chi connectivity index (χ3n) is 4.13. The van der Waals surface area contributed by atoms with E-state index in [1.54, 1.807) is 18.9 Å². The van der Waals surface area contributed by atoms with Gasteiger partial charge in [0.2, 0.25) is 5.91 Å². The minimum Gasteiger partial charge on any atom is -0.481 e. The Bertz CT molecular complexity index is 368. The van der Waals surface area contributed by atoms with Gasteiger partial charge in [0.25, 0.3) is 0 Å². The molecule has 1 saturated carbocycles. The standard InChI is InChI=1S/C15H25NO3/c1-4-8-12(2)14(19)16(3)15(11-13(17)18)9-6-5-7-10-15/h8H,4-7,9-11H2,1-3H3,(H,17,18). The molecule has 0 aromatic carbocycles. The van der Waals surface area contributed by atoms with Gasteiger partial charge in [0.15, 0.2) is 0 Å². The van der Waals surface area contributed by atoms with Crippen LogP contribution in [-0.2, 0) is 9.59 Å². The SMILES string of the molecule is CCC=C(C)C(=O)N(C)C1(CC(=O)O)CCCCC1. The summed E-state index contributed by atoms with van der Waals surface area (Å²) in [5.74, 6) is -0.858. The van der Waals surface area contributed by atoms with E-state index in [9.17, 15) is 9.59 Å². The Labute approximate surface area is 115 Å². The minimum atomic E-state index is -0.821. The molecular weight excluding hydrogens is 242 g/mol. The van der Waals surface area contributed by atoms with Crippen molar-refractivity contribution in [2.24, 2.45) is 0 Å². The second kappa shape index (κ2) is 6.73. The zero-order valence-corrected chi connectivity index (χ0v) is 12.2. The molecule has 0 aromatic heterocycles. The zero-order valence-electron chi connectivity index (χ0n) is 12.2. The van der Waals surface area contributed by atoms with E-state index in [2.05, 4.69) is 0 Å². The van der Waals surface area contributed by atoms with Crippen LogP contribution in [0.4, 0.5) is 0 Å². The Balaban J connectivity index is 2.94. The highest BCUT2D eigenvalue weighted by Gasteiger charge is 2.40. The van der Waals surface area contributed by atoms with Gasteiger partial charge < -0.3 is 10.0 Å². The number of carboxylic acids is 1. The second-order valence-corrected chi connectivity index (χ2v) is 5.52. The highest BCUT2D eigenvalue weighted by molar-refractivity contribution is 5.93. The van der Waals surface area contributed by atoms with Crippen molar-refractivity contribution in [3.63, 3.8) is 0 Å². The molecule has 0 aliphatic heterocycles. The Kier molecular flexibility index (Phi) is 5.58. The minimum absolute atomic E-state index is 0.0370. The monoisotopic (exact) mass is 267 g/mol. The third-order valence-corrected chi connectivity index (χ3v) is 4.13. The van der Waals surface area contributed by atoms with Gasteiger partial charge >= 0.3 is 5.97 Å². The maximum absolute atomic E-state index is 12.4. The fraction of sp³-hybridized carbons (Fsp3) is 0.733. The molecule has 0 radical (unpaired) electrons. The molecule has 108 valence electrons. The summed E-state index contributed by atoms with van der Waals surface area (Å²) in [6, 6.07) is 0. The summed E-state index contributed by atoms with van der Waals surface area (Å²) in [6.45, 7) is 3.80. The van der Waals surface area contributed by atoms with E-state index in [1.807, 2.05) is 13.0 Å². The van der Waals surface area contributed by atoms with E-state index in [1.165, 1.54) is 0 Å². The van der Waals surface area contributed by atoms with Crippen molar-refractivity contribution < 1.29 is 14.7 Å². The van der Waals surface area contributed by atoms with E-state index < -0.39 is 11.5 Å². The summed E-state index contributed by atoms with van der Waals surface area (Å²) in [4.78, 5) is 25.2. The van der Waals surface area contributed by atoms with Crippen molar-refractivity contribution in [2.75, 3.05) is 7.05 Å². The lowest BCUT2D eigenvalue weighted by Crippen LogP contribution is -2.52. The fourth-order valence-corrected chi connectivity index (χ4v) is 3.00. The molecule has 1 fully saturated rings. The summed E-state index contributed by atoms with van der Waals surface area (Å²) in [5, 5.41) is 9.15. The van der Waals surface area contributed by atoms with Crippen LogP contribution < -0.4 is 0 Å². The Morgan fingerprint density at radius 3 is 2.32 bits per heavy atom. The van der Waals surface area contributed by atoms with Crippen LogP contribution in [0.25, 0.3) is 0 Å². The maximum atomic E-state index is 12.4. The summed E-state index contributed by atoms with van der Waals surface area (Å²) >= 11 is 0. The van der Waals surface area contributed by atoms with Gasteiger partial charge in [-0.25, -0.2) is 0 Å². The lowest BCUT2D eigenvalue weighted by Gasteiger charge is -2.44. The first-order chi connectivity index (χ1) is 8.93. The lowest BCUT2D eigenvalue weighted by atomic mass is 9.78. The summed E-state index contributed by atoms with van der Waals surface area (Å²) in [6.07, 6.45) is 7.49. The van der Waals surface area contributed by atoms with Crippen LogP contribution in [0.2, 0.25) is 0 Å². The predicted molar refractivity (Wildman–Crippen MR) is 74.9 cm³/mol. The molecule has 1 N–H and O–H groups in total. The number of carboxylic acid groups (broad SMARTS) is 1. The van der Waals surface area contributed by atoms with Crippen LogP contribution in [0.15, 0.2) is 11.6 Å². The fourth-order valence-electron chi connectivity index (χ4n) is 3.00. The van der Waals surface area contributed by atoms with Gasteiger partial charge in [0.05, 0.1) is 12.0 Å². The van der Waals surface area contributed by atoms with Crippen LogP contribution in [0.3, 0.4) is 0 Å². The van der Waals surface area contributed by atoms with Gasteiger partial charge in [0.1, 0.15) is 0 Å². The van der Waals surface area contributed by atoms with Crippen molar-refractivity contribution in [3.05, 3.63) is 11.6 Å². The summed E-state index contributed by atoms with van der Waals surface area (Å²) in [5.41, 5.74) is 0.213. The first-order valence-electron chi connectivity index (χ1n) is 7.09. The molecule has 0 aromatic rings. The quantitative estimate of drug-likeness (QED) is 0.779. The third kappa shape index (κ3) is 3.82. The van der Waals surface area contributed by atoms with E-state index >= 15 is 0 Å². The molecule has 1 aliphatic carbocycles. The first-order valence-corrected chi connectivity index (χ1v) is 7.09. The van der Waals surface area contributed by atoms with E-state index in [0.717, 1.165) is 38.5 Å². The molecule has 4 nitrogen and oxygen atoms in total. The van der Waals surface area contributed by atoms with Gasteiger partial charge in [-0.15, -0.1) is 0 Å². The van der Waals surface area contributed by atoms with Crippen molar-refractivity contribution in [1.82, 2.24) is 4.90 Å².